The van der Waals surface area contributed by atoms with Crippen LogP contribution in [-0.4, -0.2) is 65.4 Å². The summed E-state index contributed by atoms with van der Waals surface area (Å²) in [6, 6.07) is 8.04. The van der Waals surface area contributed by atoms with Crippen molar-refractivity contribution in [1.29, 1.82) is 0 Å². The van der Waals surface area contributed by atoms with Crippen molar-refractivity contribution >= 4 is 15.9 Å². The van der Waals surface area contributed by atoms with E-state index in [1.807, 2.05) is 0 Å². The number of aromatic amines is 2. The average Bonchev–Trinajstić information content (AvgIpc) is 3.09. The molecule has 1 saturated heterocycles. The summed E-state index contributed by atoms with van der Waals surface area (Å²) in [4.78, 5) is 28.1. The number of rotatable bonds is 5. The van der Waals surface area contributed by atoms with Crippen molar-refractivity contribution in [2.75, 3.05) is 26.7 Å². The van der Waals surface area contributed by atoms with Crippen molar-refractivity contribution in [1.82, 2.24) is 24.4 Å². The first kappa shape index (κ1) is 18.3. The maximum atomic E-state index is 12.5. The number of nitrogens with one attached hydrogen (secondary N) is 2. The molecule has 2 aromatic rings. The molecule has 0 unspecified atom stereocenters. The van der Waals surface area contributed by atoms with E-state index in [1.165, 1.54) is 19.2 Å². The predicted octanol–water partition coefficient (Wildman–Crippen LogP) is 0.125. The first-order valence-corrected chi connectivity index (χ1v) is 9.75. The highest BCUT2D eigenvalue weighted by Crippen LogP contribution is 2.24. The predicted molar refractivity (Wildman–Crippen MR) is 94.0 cm³/mol. The number of hydrogen-bond acceptors (Lipinski definition) is 5. The molecule has 1 aliphatic rings. The molecule has 0 radical (unpaired) electrons. The van der Waals surface area contributed by atoms with Crippen molar-refractivity contribution in [3.05, 3.63) is 46.6 Å². The Kier molecular flexibility index (Phi) is 5.23. The summed E-state index contributed by atoms with van der Waals surface area (Å²) in [5.74, 6) is 0.454. The normalized spacial score (nSPS) is 16.2. The molecule has 3 rings (SSSR count). The SMILES string of the molecule is CN(CC(=O)N1CCC(c2n[nH]c(=O)[nH]2)CC1)S(=O)(=O)c1ccccc1. The van der Waals surface area contributed by atoms with E-state index in [2.05, 4.69) is 15.2 Å². The molecule has 1 aliphatic heterocycles. The molecule has 0 aliphatic carbocycles. The molecule has 0 atom stereocenters. The van der Waals surface area contributed by atoms with Crippen LogP contribution in [0, 0.1) is 0 Å². The van der Waals surface area contributed by atoms with Gasteiger partial charge in [0.2, 0.25) is 15.9 Å². The number of carbonyl (C=O) groups is 1. The third-order valence-electron chi connectivity index (χ3n) is 4.56. The molecule has 140 valence electrons. The zero-order valence-electron chi connectivity index (χ0n) is 14.4. The van der Waals surface area contributed by atoms with Gasteiger partial charge in [0.15, 0.2) is 0 Å². The molecule has 1 fully saturated rings. The highest BCUT2D eigenvalue weighted by molar-refractivity contribution is 7.89. The van der Waals surface area contributed by atoms with Gasteiger partial charge >= 0.3 is 5.69 Å². The summed E-state index contributed by atoms with van der Waals surface area (Å²) in [7, 11) is -2.29. The Morgan fingerprint density at radius 1 is 1.27 bits per heavy atom. The van der Waals surface area contributed by atoms with Gasteiger partial charge in [-0.3, -0.25) is 9.78 Å². The summed E-state index contributed by atoms with van der Waals surface area (Å²) in [5.41, 5.74) is -0.341. The minimum absolute atomic E-state index is 0.0868. The average molecular weight is 379 g/mol. The van der Waals surface area contributed by atoms with E-state index < -0.39 is 10.0 Å². The zero-order valence-corrected chi connectivity index (χ0v) is 15.2. The van der Waals surface area contributed by atoms with E-state index in [4.69, 9.17) is 0 Å². The van der Waals surface area contributed by atoms with Crippen LogP contribution in [0.5, 0.6) is 0 Å². The van der Waals surface area contributed by atoms with Gasteiger partial charge in [-0.15, -0.1) is 0 Å². The van der Waals surface area contributed by atoms with Gasteiger partial charge in [-0.1, -0.05) is 18.2 Å². The van der Waals surface area contributed by atoms with Gasteiger partial charge in [-0.2, -0.15) is 9.40 Å². The smallest absolute Gasteiger partial charge is 0.340 e. The number of aromatic nitrogens is 3. The van der Waals surface area contributed by atoms with Crippen molar-refractivity contribution in [2.45, 2.75) is 23.7 Å². The molecule has 9 nitrogen and oxygen atoms in total. The van der Waals surface area contributed by atoms with Crippen molar-refractivity contribution in [3.8, 4) is 0 Å². The Hall–Kier alpha value is -2.46. The van der Waals surface area contributed by atoms with Gasteiger partial charge in [0.1, 0.15) is 5.82 Å². The molecule has 2 heterocycles. The topological polar surface area (TPSA) is 119 Å². The van der Waals surface area contributed by atoms with Gasteiger partial charge in [0, 0.05) is 26.1 Å². The van der Waals surface area contributed by atoms with Gasteiger partial charge in [0.25, 0.3) is 0 Å². The Morgan fingerprint density at radius 3 is 2.50 bits per heavy atom. The van der Waals surface area contributed by atoms with E-state index >= 15 is 0 Å². The van der Waals surface area contributed by atoms with Crippen LogP contribution in [0.1, 0.15) is 24.6 Å². The molecular formula is C16H21N5O4S. The lowest BCUT2D eigenvalue weighted by Gasteiger charge is -2.32. The summed E-state index contributed by atoms with van der Waals surface area (Å²) in [6.45, 7) is 0.788. The fraction of sp³-hybridized carbons (Fsp3) is 0.438. The molecule has 26 heavy (non-hydrogen) atoms. The fourth-order valence-corrected chi connectivity index (χ4v) is 4.17. The quantitative estimate of drug-likeness (QED) is 0.765. The highest BCUT2D eigenvalue weighted by Gasteiger charge is 2.29. The van der Waals surface area contributed by atoms with Crippen LogP contribution in [0.2, 0.25) is 0 Å². The third-order valence-corrected chi connectivity index (χ3v) is 6.38. The Morgan fingerprint density at radius 2 is 1.92 bits per heavy atom. The molecule has 1 aromatic heterocycles. The standard InChI is InChI=1S/C16H21N5O4S/c1-20(26(24,25)13-5-3-2-4-6-13)11-14(22)21-9-7-12(8-10-21)15-17-16(23)19-18-15/h2-6,12H,7-11H2,1H3,(H2,17,18,19,23). The molecule has 0 bridgehead atoms. The van der Waals surface area contributed by atoms with E-state index in [0.717, 1.165) is 4.31 Å². The van der Waals surface area contributed by atoms with Crippen LogP contribution >= 0.6 is 0 Å². The van der Waals surface area contributed by atoms with Crippen LogP contribution < -0.4 is 5.69 Å². The van der Waals surface area contributed by atoms with E-state index in [0.29, 0.717) is 31.8 Å². The molecular weight excluding hydrogens is 358 g/mol. The number of hydrogen-bond donors (Lipinski definition) is 2. The Balaban J connectivity index is 1.58. The minimum atomic E-state index is -3.69. The molecule has 10 heteroatoms. The number of H-pyrrole nitrogens is 2. The second-order valence-electron chi connectivity index (χ2n) is 6.29. The number of benzene rings is 1. The lowest BCUT2D eigenvalue weighted by Crippen LogP contribution is -2.44. The van der Waals surface area contributed by atoms with Gasteiger partial charge < -0.3 is 4.90 Å². The third kappa shape index (κ3) is 3.86. The van der Waals surface area contributed by atoms with E-state index in [9.17, 15) is 18.0 Å². The van der Waals surface area contributed by atoms with Crippen LogP contribution in [0.15, 0.2) is 40.0 Å². The second kappa shape index (κ2) is 7.42. The number of sulfonamides is 1. The first-order chi connectivity index (χ1) is 12.4. The van der Waals surface area contributed by atoms with Gasteiger partial charge in [-0.25, -0.2) is 18.3 Å². The summed E-state index contributed by atoms with van der Waals surface area (Å²) in [5, 5.41) is 6.28. The highest BCUT2D eigenvalue weighted by atomic mass is 32.2. The monoisotopic (exact) mass is 379 g/mol. The molecule has 2 N–H and O–H groups in total. The first-order valence-electron chi connectivity index (χ1n) is 8.31. The number of piperidine rings is 1. The molecule has 1 amide bonds. The number of likely N-dealkylation sites (tertiary alicyclic amines) is 1. The molecule has 1 aromatic carbocycles. The van der Waals surface area contributed by atoms with Crippen molar-refractivity contribution in [2.24, 2.45) is 0 Å². The van der Waals surface area contributed by atoms with Crippen molar-refractivity contribution < 1.29 is 13.2 Å². The van der Waals surface area contributed by atoms with Crippen LogP contribution in [-0.2, 0) is 14.8 Å². The van der Waals surface area contributed by atoms with Crippen LogP contribution in [0.25, 0.3) is 0 Å². The second-order valence-corrected chi connectivity index (χ2v) is 8.34. The summed E-state index contributed by atoms with van der Waals surface area (Å²) >= 11 is 0. The largest absolute Gasteiger partial charge is 0.342 e. The lowest BCUT2D eigenvalue weighted by molar-refractivity contribution is -0.132. The number of carbonyl (C=O) groups excluding carboxylic acids is 1. The maximum Gasteiger partial charge on any atom is 0.340 e. The van der Waals surface area contributed by atoms with Crippen LogP contribution in [0.4, 0.5) is 0 Å². The lowest BCUT2D eigenvalue weighted by atomic mass is 9.96. The van der Waals surface area contributed by atoms with Crippen molar-refractivity contribution in [3.63, 3.8) is 0 Å². The Bertz CT molecular complexity index is 913. The summed E-state index contributed by atoms with van der Waals surface area (Å²) in [6.07, 6.45) is 1.34. The van der Waals surface area contributed by atoms with Gasteiger partial charge in [0.05, 0.1) is 11.4 Å². The molecule has 0 spiro atoms. The van der Waals surface area contributed by atoms with E-state index in [1.54, 1.807) is 23.1 Å². The minimum Gasteiger partial charge on any atom is -0.342 e. The maximum absolute atomic E-state index is 12.5. The number of nitrogens with zero attached hydrogens (tertiary/aromatic N) is 3. The zero-order chi connectivity index (χ0) is 18.7. The number of likely N-dealkylation sites (N-methyl/N-ethyl adjacent to an activating group) is 1. The Labute approximate surface area is 151 Å². The number of amides is 1. The van der Waals surface area contributed by atoms with E-state index in [-0.39, 0.29) is 29.0 Å². The molecule has 0 saturated carbocycles. The fourth-order valence-electron chi connectivity index (χ4n) is 3.03. The van der Waals surface area contributed by atoms with Crippen LogP contribution in [0.3, 0.4) is 0 Å². The van der Waals surface area contributed by atoms with Gasteiger partial charge in [-0.05, 0) is 25.0 Å². The summed E-state index contributed by atoms with van der Waals surface area (Å²) < 4.78 is 26.1.